The Hall–Kier alpha value is -3.00. The number of carbonyl (C=O) groups excluding carboxylic acids is 1. The van der Waals surface area contributed by atoms with Crippen LogP contribution in [0.15, 0.2) is 12.1 Å². The van der Waals surface area contributed by atoms with Crippen molar-refractivity contribution in [1.29, 1.82) is 5.41 Å². The number of aromatic nitrogens is 1. The first-order chi connectivity index (χ1) is 13.6. The van der Waals surface area contributed by atoms with Crippen molar-refractivity contribution in [3.63, 3.8) is 0 Å². The maximum absolute atomic E-state index is 12.5. The number of nitrogens with one attached hydrogen (secondary N) is 2. The third-order valence-corrected chi connectivity index (χ3v) is 4.29. The van der Waals surface area contributed by atoms with Crippen molar-refractivity contribution >= 4 is 12.2 Å². The lowest BCUT2D eigenvalue weighted by Gasteiger charge is -2.17. The number of rotatable bonds is 10. The smallest absolute Gasteiger partial charge is 0.355 e. The van der Waals surface area contributed by atoms with E-state index in [1.165, 1.54) is 14.2 Å². The molecule has 1 aromatic carbocycles. The Bertz CT molecular complexity index is 844. The van der Waals surface area contributed by atoms with Crippen molar-refractivity contribution in [2.75, 3.05) is 41.7 Å². The van der Waals surface area contributed by atoms with Crippen LogP contribution >= 0.6 is 0 Å². The van der Waals surface area contributed by atoms with Crippen LogP contribution in [0, 0.1) is 5.41 Å². The van der Waals surface area contributed by atoms with Gasteiger partial charge in [0.15, 0.2) is 11.5 Å². The molecule has 0 radical (unpaired) electrons. The second-order valence-electron chi connectivity index (χ2n) is 5.76. The van der Waals surface area contributed by atoms with Crippen molar-refractivity contribution in [3.8, 4) is 28.4 Å². The molecule has 0 atom stereocenters. The van der Waals surface area contributed by atoms with Gasteiger partial charge in [-0.05, 0) is 31.0 Å². The summed E-state index contributed by atoms with van der Waals surface area (Å²) in [6.45, 7) is 2.38. The third kappa shape index (κ3) is 3.96. The summed E-state index contributed by atoms with van der Waals surface area (Å²) in [4.78, 5) is 15.5. The van der Waals surface area contributed by atoms with Crippen LogP contribution in [0.5, 0.6) is 17.2 Å². The summed E-state index contributed by atoms with van der Waals surface area (Å²) >= 11 is 0. The van der Waals surface area contributed by atoms with Gasteiger partial charge in [0.2, 0.25) is 5.75 Å². The van der Waals surface area contributed by atoms with Crippen molar-refractivity contribution in [1.82, 2.24) is 4.98 Å². The fourth-order valence-corrected chi connectivity index (χ4v) is 3.11. The molecule has 28 heavy (non-hydrogen) atoms. The van der Waals surface area contributed by atoms with Gasteiger partial charge in [-0.3, -0.25) is 0 Å². The highest BCUT2D eigenvalue weighted by Crippen LogP contribution is 2.46. The molecule has 0 aliphatic carbocycles. The lowest BCUT2D eigenvalue weighted by Crippen LogP contribution is -2.09. The average Bonchev–Trinajstić information content (AvgIpc) is 3.09. The largest absolute Gasteiger partial charge is 0.493 e. The SMILES string of the molecule is CCOC(=O)c1[nH]c(C=N)c(-c2ccc(OC)c(OC)c2OC)c1CCOC. The standard InChI is InChI=1S/C20H26N2O6/c1-6-28-20(23)17-12(9-10-24-2)16(14(11-21)22-17)13-7-8-15(25-3)19(27-5)18(13)26-4/h7-8,11,21-22H,6,9-10H2,1-5H3. The number of hydrogen-bond donors (Lipinski definition) is 2. The highest BCUT2D eigenvalue weighted by atomic mass is 16.5. The summed E-state index contributed by atoms with van der Waals surface area (Å²) in [5.41, 5.74) is 2.76. The number of hydrogen-bond acceptors (Lipinski definition) is 7. The number of benzene rings is 1. The molecule has 0 aliphatic heterocycles. The molecular weight excluding hydrogens is 364 g/mol. The molecule has 1 heterocycles. The topological polar surface area (TPSA) is 103 Å². The monoisotopic (exact) mass is 390 g/mol. The van der Waals surface area contributed by atoms with Gasteiger partial charge < -0.3 is 34.1 Å². The van der Waals surface area contributed by atoms with Gasteiger partial charge in [0, 0.05) is 24.5 Å². The average molecular weight is 390 g/mol. The maximum atomic E-state index is 12.5. The maximum Gasteiger partial charge on any atom is 0.355 e. The van der Waals surface area contributed by atoms with E-state index in [9.17, 15) is 4.79 Å². The molecule has 8 nitrogen and oxygen atoms in total. The molecule has 2 rings (SSSR count). The van der Waals surface area contributed by atoms with Crippen LogP contribution in [0.3, 0.4) is 0 Å². The van der Waals surface area contributed by atoms with Gasteiger partial charge in [0.1, 0.15) is 5.69 Å². The van der Waals surface area contributed by atoms with Crippen LogP contribution in [-0.2, 0) is 15.9 Å². The Kier molecular flexibility index (Phi) is 7.45. The van der Waals surface area contributed by atoms with Crippen LogP contribution in [-0.4, -0.2) is 58.8 Å². The van der Waals surface area contributed by atoms with Gasteiger partial charge in [-0.2, -0.15) is 0 Å². The van der Waals surface area contributed by atoms with Crippen molar-refractivity contribution < 1.29 is 28.5 Å². The number of esters is 1. The first-order valence-corrected chi connectivity index (χ1v) is 8.78. The summed E-state index contributed by atoms with van der Waals surface area (Å²) in [7, 11) is 6.18. The van der Waals surface area contributed by atoms with E-state index in [1.807, 2.05) is 6.07 Å². The molecule has 2 aromatic rings. The molecule has 0 fully saturated rings. The molecule has 0 spiro atoms. The fourth-order valence-electron chi connectivity index (χ4n) is 3.11. The lowest BCUT2D eigenvalue weighted by atomic mass is 9.96. The highest BCUT2D eigenvalue weighted by molar-refractivity contribution is 5.99. The molecule has 0 unspecified atom stereocenters. The number of H-pyrrole nitrogens is 1. The first kappa shape index (κ1) is 21.3. The minimum Gasteiger partial charge on any atom is -0.493 e. The Labute approximate surface area is 164 Å². The van der Waals surface area contributed by atoms with E-state index < -0.39 is 5.97 Å². The minimum absolute atomic E-state index is 0.247. The number of ether oxygens (including phenoxy) is 5. The second kappa shape index (κ2) is 9.80. The molecule has 8 heteroatoms. The summed E-state index contributed by atoms with van der Waals surface area (Å²) in [5, 5.41) is 7.83. The third-order valence-electron chi connectivity index (χ3n) is 4.29. The van der Waals surface area contributed by atoms with Gasteiger partial charge in [-0.25, -0.2) is 4.79 Å². The van der Waals surface area contributed by atoms with Crippen LogP contribution in [0.25, 0.3) is 11.1 Å². The first-order valence-electron chi connectivity index (χ1n) is 8.78. The number of carbonyl (C=O) groups is 1. The van der Waals surface area contributed by atoms with Crippen LogP contribution in [0.4, 0.5) is 0 Å². The molecule has 0 saturated heterocycles. The van der Waals surface area contributed by atoms with Crippen molar-refractivity contribution in [2.24, 2.45) is 0 Å². The van der Waals surface area contributed by atoms with E-state index in [2.05, 4.69) is 4.98 Å². The van der Waals surface area contributed by atoms with E-state index in [1.54, 1.807) is 27.2 Å². The van der Waals surface area contributed by atoms with E-state index in [0.29, 0.717) is 58.4 Å². The Morgan fingerprint density at radius 1 is 1.11 bits per heavy atom. The fraction of sp³-hybridized carbons (Fsp3) is 0.400. The predicted octanol–water partition coefficient (Wildman–Crippen LogP) is 3.07. The Morgan fingerprint density at radius 2 is 1.82 bits per heavy atom. The van der Waals surface area contributed by atoms with E-state index in [0.717, 1.165) is 6.21 Å². The van der Waals surface area contributed by atoms with Crippen LogP contribution < -0.4 is 14.2 Å². The molecule has 0 bridgehead atoms. The predicted molar refractivity (Wildman–Crippen MR) is 105 cm³/mol. The van der Waals surface area contributed by atoms with Crippen LogP contribution in [0.2, 0.25) is 0 Å². The molecule has 152 valence electrons. The van der Waals surface area contributed by atoms with Gasteiger partial charge >= 0.3 is 5.97 Å². The summed E-state index contributed by atoms with van der Waals surface area (Å²) < 4.78 is 26.8. The minimum atomic E-state index is -0.484. The summed E-state index contributed by atoms with van der Waals surface area (Å²) in [6, 6.07) is 3.56. The van der Waals surface area contributed by atoms with Crippen molar-refractivity contribution in [2.45, 2.75) is 13.3 Å². The van der Waals surface area contributed by atoms with E-state index in [-0.39, 0.29) is 6.61 Å². The van der Waals surface area contributed by atoms with Gasteiger partial charge in [-0.1, -0.05) is 0 Å². The Morgan fingerprint density at radius 3 is 2.36 bits per heavy atom. The molecule has 2 N–H and O–H groups in total. The quantitative estimate of drug-likeness (QED) is 0.477. The molecular formula is C20H26N2O6. The zero-order valence-electron chi connectivity index (χ0n) is 16.8. The van der Waals surface area contributed by atoms with E-state index in [4.69, 9.17) is 29.1 Å². The molecule has 0 aliphatic rings. The second-order valence-corrected chi connectivity index (χ2v) is 5.76. The zero-order chi connectivity index (χ0) is 20.7. The number of aromatic amines is 1. The van der Waals surface area contributed by atoms with Gasteiger partial charge in [0.05, 0.1) is 40.2 Å². The summed E-state index contributed by atoms with van der Waals surface area (Å²) in [5.74, 6) is 0.898. The normalized spacial score (nSPS) is 10.5. The molecule has 1 aromatic heterocycles. The van der Waals surface area contributed by atoms with Crippen LogP contribution in [0.1, 0.15) is 28.7 Å². The van der Waals surface area contributed by atoms with Gasteiger partial charge in [0.25, 0.3) is 0 Å². The molecule has 0 amide bonds. The van der Waals surface area contributed by atoms with Gasteiger partial charge in [-0.15, -0.1) is 0 Å². The molecule has 0 saturated carbocycles. The summed E-state index contributed by atoms with van der Waals surface area (Å²) in [6.07, 6.45) is 1.60. The highest BCUT2D eigenvalue weighted by Gasteiger charge is 2.27. The van der Waals surface area contributed by atoms with Crippen molar-refractivity contribution in [3.05, 3.63) is 29.1 Å². The zero-order valence-corrected chi connectivity index (χ0v) is 16.8. The number of methoxy groups -OCH3 is 4. The Balaban J connectivity index is 2.80. The lowest BCUT2D eigenvalue weighted by molar-refractivity contribution is 0.0518. The van der Waals surface area contributed by atoms with E-state index >= 15 is 0 Å².